The molecule has 0 saturated carbocycles. The SMILES string of the molecule is C[Si](O)(O)OC(=O)[C@@H]1CCC(=O)N1. The summed E-state index contributed by atoms with van der Waals surface area (Å²) < 4.78 is 4.37. The molecule has 1 aliphatic heterocycles. The lowest BCUT2D eigenvalue weighted by molar-refractivity contribution is -0.140. The van der Waals surface area contributed by atoms with Crippen LogP contribution in [-0.2, 0) is 14.0 Å². The highest BCUT2D eigenvalue weighted by Crippen LogP contribution is 2.09. The molecule has 0 aromatic heterocycles. The van der Waals surface area contributed by atoms with E-state index in [1.807, 2.05) is 0 Å². The molecule has 1 fully saturated rings. The minimum Gasteiger partial charge on any atom is -0.472 e. The van der Waals surface area contributed by atoms with E-state index in [0.717, 1.165) is 6.55 Å². The number of rotatable bonds is 2. The fourth-order valence-corrected chi connectivity index (χ4v) is 1.58. The minimum atomic E-state index is -3.81. The van der Waals surface area contributed by atoms with E-state index in [9.17, 15) is 9.59 Å². The molecular formula is C6H11NO5Si. The van der Waals surface area contributed by atoms with Crippen molar-refractivity contribution in [1.29, 1.82) is 0 Å². The van der Waals surface area contributed by atoms with E-state index in [0.29, 0.717) is 6.42 Å². The normalized spacial score (nSPS) is 22.7. The molecule has 7 heteroatoms. The lowest BCUT2D eigenvalue weighted by atomic mass is 10.2. The maximum atomic E-state index is 11.1. The molecule has 0 radical (unpaired) electrons. The molecule has 1 heterocycles. The first-order valence-electron chi connectivity index (χ1n) is 3.85. The van der Waals surface area contributed by atoms with E-state index in [1.165, 1.54) is 0 Å². The number of nitrogens with one attached hydrogen (secondary N) is 1. The van der Waals surface area contributed by atoms with Gasteiger partial charge in [0, 0.05) is 13.0 Å². The summed E-state index contributed by atoms with van der Waals surface area (Å²) in [6.07, 6.45) is 0.622. The summed E-state index contributed by atoms with van der Waals surface area (Å²) in [5.41, 5.74) is 0. The van der Waals surface area contributed by atoms with Crippen molar-refractivity contribution in [2.45, 2.75) is 25.4 Å². The van der Waals surface area contributed by atoms with Gasteiger partial charge < -0.3 is 19.3 Å². The third kappa shape index (κ3) is 3.13. The van der Waals surface area contributed by atoms with Crippen molar-refractivity contribution in [3.8, 4) is 0 Å². The highest BCUT2D eigenvalue weighted by atomic mass is 28.4. The van der Waals surface area contributed by atoms with Gasteiger partial charge in [0.15, 0.2) is 0 Å². The third-order valence-electron chi connectivity index (χ3n) is 1.57. The van der Waals surface area contributed by atoms with Gasteiger partial charge in [0.1, 0.15) is 6.04 Å². The van der Waals surface area contributed by atoms with Crippen LogP contribution < -0.4 is 5.32 Å². The Bertz CT molecular complexity index is 236. The predicted octanol–water partition coefficient (Wildman–Crippen LogP) is -1.64. The van der Waals surface area contributed by atoms with E-state index in [-0.39, 0.29) is 12.3 Å². The van der Waals surface area contributed by atoms with Gasteiger partial charge in [-0.25, -0.2) is 0 Å². The summed E-state index contributed by atoms with van der Waals surface area (Å²) in [6, 6.07) is -0.723. The summed E-state index contributed by atoms with van der Waals surface area (Å²) in [5, 5.41) is 2.36. The molecule has 74 valence electrons. The molecule has 1 rings (SSSR count). The zero-order chi connectivity index (χ0) is 10.1. The molecule has 6 nitrogen and oxygen atoms in total. The highest BCUT2D eigenvalue weighted by molar-refractivity contribution is 6.58. The molecule has 1 amide bonds. The smallest absolute Gasteiger partial charge is 0.472 e. The number of hydrogen-bond acceptors (Lipinski definition) is 5. The van der Waals surface area contributed by atoms with Crippen LogP contribution in [0.25, 0.3) is 0 Å². The molecule has 1 atom stereocenters. The first kappa shape index (κ1) is 10.2. The van der Waals surface area contributed by atoms with Crippen molar-refractivity contribution in [3.63, 3.8) is 0 Å². The standard InChI is InChI=1S/C6H11NO5Si/c1-13(10,11)12-6(9)4-2-3-5(8)7-4/h4,10-11H,2-3H2,1H3,(H,7,8)/t4-/m0/s1. The van der Waals surface area contributed by atoms with E-state index < -0.39 is 20.8 Å². The van der Waals surface area contributed by atoms with Crippen molar-refractivity contribution < 1.29 is 23.6 Å². The van der Waals surface area contributed by atoms with E-state index in [1.54, 1.807) is 0 Å². The van der Waals surface area contributed by atoms with Crippen LogP contribution in [-0.4, -0.2) is 36.3 Å². The van der Waals surface area contributed by atoms with Crippen LogP contribution in [0.5, 0.6) is 0 Å². The lowest BCUT2D eigenvalue weighted by Gasteiger charge is -2.15. The Morgan fingerprint density at radius 1 is 1.69 bits per heavy atom. The molecular weight excluding hydrogens is 194 g/mol. The summed E-state index contributed by atoms with van der Waals surface area (Å²) >= 11 is 0. The number of carbonyl (C=O) groups excluding carboxylic acids is 2. The quantitative estimate of drug-likeness (QED) is 0.470. The average molecular weight is 205 g/mol. The monoisotopic (exact) mass is 205 g/mol. The fraction of sp³-hybridized carbons (Fsp3) is 0.667. The molecule has 3 N–H and O–H groups in total. The van der Waals surface area contributed by atoms with Crippen LogP contribution in [0.15, 0.2) is 0 Å². The molecule has 0 spiro atoms. The lowest BCUT2D eigenvalue weighted by Crippen LogP contribution is -2.44. The van der Waals surface area contributed by atoms with Crippen molar-refractivity contribution in [2.24, 2.45) is 0 Å². The Hall–Kier alpha value is -0.923. The molecule has 0 aromatic carbocycles. The van der Waals surface area contributed by atoms with Gasteiger partial charge in [-0.2, -0.15) is 0 Å². The molecule has 0 aromatic rings. The van der Waals surface area contributed by atoms with E-state index in [2.05, 4.69) is 9.74 Å². The zero-order valence-electron chi connectivity index (χ0n) is 7.11. The van der Waals surface area contributed by atoms with Crippen molar-refractivity contribution in [2.75, 3.05) is 0 Å². The maximum absolute atomic E-state index is 11.1. The molecule has 0 bridgehead atoms. The van der Waals surface area contributed by atoms with Gasteiger partial charge in [0.25, 0.3) is 0 Å². The molecule has 13 heavy (non-hydrogen) atoms. The van der Waals surface area contributed by atoms with Gasteiger partial charge in [-0.05, 0) is 6.42 Å². The highest BCUT2D eigenvalue weighted by Gasteiger charge is 2.35. The van der Waals surface area contributed by atoms with Crippen molar-refractivity contribution >= 4 is 20.7 Å². The van der Waals surface area contributed by atoms with Crippen LogP contribution in [0, 0.1) is 0 Å². The number of hydrogen-bond donors (Lipinski definition) is 3. The second kappa shape index (κ2) is 3.44. The molecule has 0 unspecified atom stereocenters. The van der Waals surface area contributed by atoms with Gasteiger partial charge in [0.2, 0.25) is 5.91 Å². The van der Waals surface area contributed by atoms with Gasteiger partial charge in [-0.1, -0.05) is 0 Å². The van der Waals surface area contributed by atoms with Crippen LogP contribution in [0.2, 0.25) is 6.55 Å². The summed E-state index contributed by atoms with van der Waals surface area (Å²) in [6.45, 7) is 1.06. The minimum absolute atomic E-state index is 0.221. The van der Waals surface area contributed by atoms with Gasteiger partial charge in [-0.3, -0.25) is 9.59 Å². The Balaban J connectivity index is 2.45. The Labute approximate surface area is 75.9 Å². The first-order valence-corrected chi connectivity index (χ1v) is 6.16. The summed E-state index contributed by atoms with van der Waals surface area (Å²) in [4.78, 5) is 39.5. The number of amides is 1. The first-order chi connectivity index (χ1) is 5.88. The fourth-order valence-electron chi connectivity index (χ4n) is 1.05. The van der Waals surface area contributed by atoms with Crippen LogP contribution >= 0.6 is 0 Å². The zero-order valence-corrected chi connectivity index (χ0v) is 8.11. The predicted molar refractivity (Wildman–Crippen MR) is 43.3 cm³/mol. The van der Waals surface area contributed by atoms with Gasteiger partial charge >= 0.3 is 14.8 Å². The van der Waals surface area contributed by atoms with Crippen LogP contribution in [0.3, 0.4) is 0 Å². The topological polar surface area (TPSA) is 95.9 Å². The number of carbonyl (C=O) groups is 2. The maximum Gasteiger partial charge on any atom is 0.559 e. The third-order valence-corrected chi connectivity index (χ3v) is 2.16. The summed E-state index contributed by atoms with van der Waals surface area (Å²) in [7, 11) is -3.81. The summed E-state index contributed by atoms with van der Waals surface area (Å²) in [5.74, 6) is -0.994. The Kier molecular flexibility index (Phi) is 2.69. The molecule has 1 aliphatic rings. The van der Waals surface area contributed by atoms with Gasteiger partial charge in [-0.15, -0.1) is 0 Å². The van der Waals surface area contributed by atoms with E-state index in [4.69, 9.17) is 9.59 Å². The van der Waals surface area contributed by atoms with Crippen LogP contribution in [0.4, 0.5) is 0 Å². The largest absolute Gasteiger partial charge is 0.559 e. The average Bonchev–Trinajstić information content (AvgIpc) is 2.31. The van der Waals surface area contributed by atoms with Crippen molar-refractivity contribution in [3.05, 3.63) is 0 Å². The van der Waals surface area contributed by atoms with Gasteiger partial charge in [0.05, 0.1) is 0 Å². The van der Waals surface area contributed by atoms with E-state index >= 15 is 0 Å². The Morgan fingerprint density at radius 2 is 2.31 bits per heavy atom. The Morgan fingerprint density at radius 3 is 2.69 bits per heavy atom. The second-order valence-corrected chi connectivity index (χ2v) is 5.09. The van der Waals surface area contributed by atoms with Crippen molar-refractivity contribution in [1.82, 2.24) is 5.32 Å². The van der Waals surface area contributed by atoms with Crippen LogP contribution in [0.1, 0.15) is 12.8 Å². The molecule has 1 saturated heterocycles. The molecule has 0 aliphatic carbocycles. The second-order valence-electron chi connectivity index (χ2n) is 3.01.